The van der Waals surface area contributed by atoms with E-state index in [-0.39, 0.29) is 0 Å². The van der Waals surface area contributed by atoms with Crippen molar-refractivity contribution < 1.29 is 0 Å². The van der Waals surface area contributed by atoms with Gasteiger partial charge >= 0.3 is 0 Å². The van der Waals surface area contributed by atoms with Gasteiger partial charge in [-0.25, -0.2) is 0 Å². The highest BCUT2D eigenvalue weighted by Gasteiger charge is 2.38. The number of nitrogens with zero attached hydrogens (tertiary/aromatic N) is 1. The van der Waals surface area contributed by atoms with E-state index in [2.05, 4.69) is 48.9 Å². The Morgan fingerprint density at radius 2 is 2.35 bits per heavy atom. The van der Waals surface area contributed by atoms with Crippen LogP contribution >= 0.6 is 11.8 Å². The molecule has 0 bridgehead atoms. The monoisotopic (exact) mass is 250 g/mol. The standard InChI is InChI=1S/C14H22N2S/c1-4-16-13(14(3)6-5-7-17-14)12-8-11(2)9-15-10-12/h8-10,13,16H,4-7H2,1-3H3. The predicted molar refractivity (Wildman–Crippen MR) is 75.5 cm³/mol. The SMILES string of the molecule is CCNC(c1cncc(C)c1)C1(C)CCCS1. The first-order chi connectivity index (χ1) is 8.15. The molecule has 0 amide bonds. The molecule has 94 valence electrons. The van der Waals surface area contributed by atoms with Gasteiger partial charge in [0.1, 0.15) is 0 Å². The Morgan fingerprint density at radius 3 is 2.94 bits per heavy atom. The van der Waals surface area contributed by atoms with E-state index in [1.807, 2.05) is 12.4 Å². The zero-order valence-corrected chi connectivity index (χ0v) is 11.8. The smallest absolute Gasteiger partial charge is 0.0481 e. The molecule has 0 aliphatic carbocycles. The summed E-state index contributed by atoms with van der Waals surface area (Å²) in [7, 11) is 0. The van der Waals surface area contributed by atoms with Crippen LogP contribution in [0.3, 0.4) is 0 Å². The molecule has 1 N–H and O–H groups in total. The van der Waals surface area contributed by atoms with E-state index in [1.54, 1.807) is 0 Å². The Balaban J connectivity index is 2.28. The molecule has 0 saturated carbocycles. The highest BCUT2D eigenvalue weighted by atomic mass is 32.2. The van der Waals surface area contributed by atoms with E-state index < -0.39 is 0 Å². The Bertz CT molecular complexity index is 372. The Hall–Kier alpha value is -0.540. The van der Waals surface area contributed by atoms with Gasteiger partial charge in [0.2, 0.25) is 0 Å². The van der Waals surface area contributed by atoms with E-state index in [4.69, 9.17) is 0 Å². The van der Waals surface area contributed by atoms with Crippen LogP contribution < -0.4 is 5.32 Å². The Labute approximate surface area is 109 Å². The van der Waals surface area contributed by atoms with Crippen molar-refractivity contribution in [2.24, 2.45) is 0 Å². The van der Waals surface area contributed by atoms with Crippen molar-refractivity contribution in [3.8, 4) is 0 Å². The fourth-order valence-electron chi connectivity index (χ4n) is 2.65. The average Bonchev–Trinajstić information content (AvgIpc) is 2.74. The quantitative estimate of drug-likeness (QED) is 0.887. The number of pyridine rings is 1. The fourth-order valence-corrected chi connectivity index (χ4v) is 4.08. The zero-order chi connectivity index (χ0) is 12.3. The van der Waals surface area contributed by atoms with Gasteiger partial charge in [0.15, 0.2) is 0 Å². The molecular weight excluding hydrogens is 228 g/mol. The van der Waals surface area contributed by atoms with Crippen LogP contribution in [0.25, 0.3) is 0 Å². The second-order valence-corrected chi connectivity index (χ2v) is 6.68. The maximum Gasteiger partial charge on any atom is 0.0481 e. The van der Waals surface area contributed by atoms with Gasteiger partial charge in [-0.1, -0.05) is 13.0 Å². The predicted octanol–water partition coefficient (Wildman–Crippen LogP) is 3.33. The van der Waals surface area contributed by atoms with Crippen LogP contribution in [-0.4, -0.2) is 22.0 Å². The summed E-state index contributed by atoms with van der Waals surface area (Å²) < 4.78 is 0.325. The lowest BCUT2D eigenvalue weighted by atomic mass is 9.90. The number of hydrogen-bond donors (Lipinski definition) is 1. The van der Waals surface area contributed by atoms with E-state index >= 15 is 0 Å². The van der Waals surface area contributed by atoms with Crippen molar-refractivity contribution in [2.75, 3.05) is 12.3 Å². The summed E-state index contributed by atoms with van der Waals surface area (Å²) >= 11 is 2.10. The molecule has 0 spiro atoms. The molecule has 1 saturated heterocycles. The number of aromatic nitrogens is 1. The molecule has 1 aromatic heterocycles. The van der Waals surface area contributed by atoms with Crippen LogP contribution in [-0.2, 0) is 0 Å². The van der Waals surface area contributed by atoms with Crippen molar-refractivity contribution in [1.29, 1.82) is 0 Å². The minimum absolute atomic E-state index is 0.325. The summed E-state index contributed by atoms with van der Waals surface area (Å²) in [5.41, 5.74) is 2.58. The van der Waals surface area contributed by atoms with Gasteiger partial charge in [0, 0.05) is 23.2 Å². The van der Waals surface area contributed by atoms with E-state index in [9.17, 15) is 0 Å². The first-order valence-corrected chi connectivity index (χ1v) is 7.43. The summed E-state index contributed by atoms with van der Waals surface area (Å²) in [4.78, 5) is 4.34. The van der Waals surface area contributed by atoms with Gasteiger partial charge in [0.05, 0.1) is 0 Å². The molecule has 0 aromatic carbocycles. The topological polar surface area (TPSA) is 24.9 Å². The molecule has 0 radical (unpaired) electrons. The van der Waals surface area contributed by atoms with E-state index in [0.717, 1.165) is 6.54 Å². The third-order valence-corrected chi connectivity index (χ3v) is 5.09. The molecule has 3 heteroatoms. The maximum absolute atomic E-state index is 4.34. The van der Waals surface area contributed by atoms with Crippen LogP contribution in [0, 0.1) is 6.92 Å². The molecule has 2 atom stereocenters. The third-order valence-electron chi connectivity index (χ3n) is 3.50. The van der Waals surface area contributed by atoms with Gasteiger partial charge in [-0.15, -0.1) is 0 Å². The molecule has 2 heterocycles. The number of rotatable bonds is 4. The minimum atomic E-state index is 0.325. The number of nitrogens with one attached hydrogen (secondary N) is 1. The van der Waals surface area contributed by atoms with Crippen LogP contribution in [0.1, 0.15) is 43.9 Å². The van der Waals surface area contributed by atoms with Crippen LogP contribution in [0.2, 0.25) is 0 Å². The summed E-state index contributed by atoms with van der Waals surface area (Å²) in [5.74, 6) is 1.29. The zero-order valence-electron chi connectivity index (χ0n) is 11.0. The molecule has 1 aromatic rings. The average molecular weight is 250 g/mol. The number of thioether (sulfide) groups is 1. The molecule has 2 unspecified atom stereocenters. The van der Waals surface area contributed by atoms with Gasteiger partial charge in [-0.05, 0) is 50.1 Å². The van der Waals surface area contributed by atoms with Crippen LogP contribution in [0.4, 0.5) is 0 Å². The minimum Gasteiger partial charge on any atom is -0.309 e. The molecule has 2 nitrogen and oxygen atoms in total. The molecule has 17 heavy (non-hydrogen) atoms. The van der Waals surface area contributed by atoms with Gasteiger partial charge in [0.25, 0.3) is 0 Å². The van der Waals surface area contributed by atoms with Gasteiger partial charge in [-0.3, -0.25) is 4.98 Å². The van der Waals surface area contributed by atoms with Crippen molar-refractivity contribution in [3.63, 3.8) is 0 Å². The summed E-state index contributed by atoms with van der Waals surface area (Å²) in [6, 6.07) is 2.69. The molecule has 2 rings (SSSR count). The van der Waals surface area contributed by atoms with Gasteiger partial charge in [-0.2, -0.15) is 11.8 Å². The molecule has 1 aliphatic heterocycles. The first kappa shape index (κ1) is 12.9. The number of hydrogen-bond acceptors (Lipinski definition) is 3. The van der Waals surface area contributed by atoms with E-state index in [0.29, 0.717) is 10.8 Å². The number of aryl methyl sites for hydroxylation is 1. The van der Waals surface area contributed by atoms with Crippen molar-refractivity contribution in [1.82, 2.24) is 10.3 Å². The lowest BCUT2D eigenvalue weighted by molar-refractivity contribution is 0.420. The Morgan fingerprint density at radius 1 is 1.53 bits per heavy atom. The second-order valence-electron chi connectivity index (χ2n) is 5.05. The van der Waals surface area contributed by atoms with Crippen LogP contribution in [0.5, 0.6) is 0 Å². The molecule has 1 aliphatic rings. The molecule has 1 fully saturated rings. The normalized spacial score (nSPS) is 26.1. The largest absolute Gasteiger partial charge is 0.309 e. The van der Waals surface area contributed by atoms with Crippen LogP contribution in [0.15, 0.2) is 18.5 Å². The van der Waals surface area contributed by atoms with Gasteiger partial charge < -0.3 is 5.32 Å². The third kappa shape index (κ3) is 2.83. The van der Waals surface area contributed by atoms with Crippen molar-refractivity contribution in [2.45, 2.75) is 44.4 Å². The first-order valence-electron chi connectivity index (χ1n) is 6.44. The Kier molecular flexibility index (Phi) is 4.10. The highest BCUT2D eigenvalue weighted by molar-refractivity contribution is 8.00. The van der Waals surface area contributed by atoms with E-state index in [1.165, 1.54) is 29.7 Å². The second kappa shape index (κ2) is 5.40. The lowest BCUT2D eigenvalue weighted by Crippen LogP contribution is -2.37. The maximum atomic E-state index is 4.34. The lowest BCUT2D eigenvalue weighted by Gasteiger charge is -2.34. The van der Waals surface area contributed by atoms with Crippen molar-refractivity contribution in [3.05, 3.63) is 29.6 Å². The fraction of sp³-hybridized carbons (Fsp3) is 0.643. The highest BCUT2D eigenvalue weighted by Crippen LogP contribution is 2.46. The summed E-state index contributed by atoms with van der Waals surface area (Å²) in [5, 5.41) is 3.65. The van der Waals surface area contributed by atoms with Crippen molar-refractivity contribution >= 4 is 11.8 Å². The summed E-state index contributed by atoms with van der Waals surface area (Å²) in [6.45, 7) is 7.69. The molecular formula is C14H22N2S. The summed E-state index contributed by atoms with van der Waals surface area (Å²) in [6.07, 6.45) is 6.58.